The van der Waals surface area contributed by atoms with E-state index in [2.05, 4.69) is 38.2 Å². The third-order valence-corrected chi connectivity index (χ3v) is 2.79. The van der Waals surface area contributed by atoms with Crippen LogP contribution in [-0.4, -0.2) is 30.4 Å². The van der Waals surface area contributed by atoms with Crippen LogP contribution >= 0.6 is 0 Å². The van der Waals surface area contributed by atoms with Crippen LogP contribution in [-0.2, 0) is 0 Å². The van der Waals surface area contributed by atoms with Crippen LogP contribution in [0.15, 0.2) is 12.1 Å². The molecule has 0 saturated heterocycles. The molecule has 0 aliphatic carbocycles. The minimum absolute atomic E-state index is 0.324. The molecule has 0 aromatic heterocycles. The molecule has 1 aromatic carbocycles. The zero-order chi connectivity index (χ0) is 13.7. The van der Waals surface area contributed by atoms with Gasteiger partial charge in [0.15, 0.2) is 0 Å². The predicted molar refractivity (Wildman–Crippen MR) is 75.3 cm³/mol. The molecular formula is C15H25NO2. The van der Waals surface area contributed by atoms with E-state index in [9.17, 15) is 5.11 Å². The summed E-state index contributed by atoms with van der Waals surface area (Å²) in [4.78, 5) is 0. The summed E-state index contributed by atoms with van der Waals surface area (Å²) in [6, 6.07) is 4.57. The molecule has 1 atom stereocenters. The Kier molecular flexibility index (Phi) is 5.63. The first-order valence-electron chi connectivity index (χ1n) is 6.52. The van der Waals surface area contributed by atoms with Gasteiger partial charge in [0.2, 0.25) is 0 Å². The zero-order valence-corrected chi connectivity index (χ0v) is 12.1. The van der Waals surface area contributed by atoms with E-state index in [1.165, 1.54) is 5.56 Å². The lowest BCUT2D eigenvalue weighted by Crippen LogP contribution is -2.35. The Morgan fingerprint density at radius 3 is 2.22 bits per heavy atom. The van der Waals surface area contributed by atoms with Gasteiger partial charge in [-0.3, -0.25) is 0 Å². The molecule has 0 bridgehead atoms. The van der Waals surface area contributed by atoms with Crippen molar-refractivity contribution in [3.8, 4) is 5.75 Å². The molecule has 2 N–H and O–H groups in total. The molecule has 3 nitrogen and oxygen atoms in total. The number of hydrogen-bond acceptors (Lipinski definition) is 3. The summed E-state index contributed by atoms with van der Waals surface area (Å²) in [5.41, 5.74) is 3.48. The Labute approximate surface area is 110 Å². The van der Waals surface area contributed by atoms with Gasteiger partial charge in [-0.1, -0.05) is 31.5 Å². The molecule has 102 valence electrons. The number of aliphatic hydroxyl groups excluding tert-OH is 1. The lowest BCUT2D eigenvalue weighted by atomic mass is 10.1. The molecule has 1 aromatic rings. The van der Waals surface area contributed by atoms with Crippen molar-refractivity contribution in [2.75, 3.05) is 13.2 Å². The van der Waals surface area contributed by atoms with E-state index < -0.39 is 6.10 Å². The number of rotatable bonds is 6. The van der Waals surface area contributed by atoms with Crippen molar-refractivity contribution >= 4 is 0 Å². The second-order valence-electron chi connectivity index (χ2n) is 5.26. The smallest absolute Gasteiger partial charge is 0.125 e. The zero-order valence-electron chi connectivity index (χ0n) is 12.1. The third kappa shape index (κ3) is 4.67. The standard InChI is InChI=1S/C15H25NO2/c1-10(2)16-8-14(17)9-18-15-12(4)6-11(3)7-13(15)5/h6-7,10,14,16-17H,8-9H2,1-5H3. The fourth-order valence-corrected chi connectivity index (χ4v) is 2.00. The molecule has 1 unspecified atom stereocenters. The van der Waals surface area contributed by atoms with E-state index in [4.69, 9.17) is 4.74 Å². The number of ether oxygens (including phenoxy) is 1. The van der Waals surface area contributed by atoms with Crippen molar-refractivity contribution in [3.63, 3.8) is 0 Å². The van der Waals surface area contributed by atoms with Crippen LogP contribution in [0.1, 0.15) is 30.5 Å². The maximum atomic E-state index is 9.81. The van der Waals surface area contributed by atoms with Crippen molar-refractivity contribution < 1.29 is 9.84 Å². The molecule has 0 saturated carbocycles. The fourth-order valence-electron chi connectivity index (χ4n) is 2.00. The van der Waals surface area contributed by atoms with Crippen LogP contribution in [0.3, 0.4) is 0 Å². The van der Waals surface area contributed by atoms with Crippen LogP contribution in [0, 0.1) is 20.8 Å². The van der Waals surface area contributed by atoms with Gasteiger partial charge in [-0.05, 0) is 31.9 Å². The minimum Gasteiger partial charge on any atom is -0.490 e. The Hall–Kier alpha value is -1.06. The number of aliphatic hydroxyl groups is 1. The molecule has 0 aliphatic heterocycles. The lowest BCUT2D eigenvalue weighted by molar-refractivity contribution is 0.104. The Bertz CT molecular complexity index is 365. The van der Waals surface area contributed by atoms with Gasteiger partial charge in [0.05, 0.1) is 0 Å². The normalized spacial score (nSPS) is 12.8. The SMILES string of the molecule is Cc1cc(C)c(OCC(O)CNC(C)C)c(C)c1. The topological polar surface area (TPSA) is 41.5 Å². The van der Waals surface area contributed by atoms with Gasteiger partial charge >= 0.3 is 0 Å². The second kappa shape index (κ2) is 6.76. The molecule has 0 amide bonds. The summed E-state index contributed by atoms with van der Waals surface area (Å²) in [6.45, 7) is 11.1. The molecule has 1 rings (SSSR count). The summed E-state index contributed by atoms with van der Waals surface area (Å²) >= 11 is 0. The second-order valence-corrected chi connectivity index (χ2v) is 5.26. The van der Waals surface area contributed by atoms with Crippen molar-refractivity contribution in [3.05, 3.63) is 28.8 Å². The van der Waals surface area contributed by atoms with E-state index >= 15 is 0 Å². The van der Waals surface area contributed by atoms with Crippen LogP contribution < -0.4 is 10.1 Å². The first-order valence-corrected chi connectivity index (χ1v) is 6.52. The van der Waals surface area contributed by atoms with E-state index in [0.717, 1.165) is 16.9 Å². The average molecular weight is 251 g/mol. The Morgan fingerprint density at radius 1 is 1.17 bits per heavy atom. The first-order chi connectivity index (χ1) is 8.40. The fraction of sp³-hybridized carbons (Fsp3) is 0.600. The lowest BCUT2D eigenvalue weighted by Gasteiger charge is -2.17. The average Bonchev–Trinajstić information content (AvgIpc) is 2.24. The third-order valence-electron chi connectivity index (χ3n) is 2.79. The minimum atomic E-state index is -0.479. The summed E-state index contributed by atoms with van der Waals surface area (Å²) in [5.74, 6) is 0.893. The molecule has 0 heterocycles. The molecule has 3 heteroatoms. The highest BCUT2D eigenvalue weighted by Crippen LogP contribution is 2.24. The van der Waals surface area contributed by atoms with E-state index in [1.807, 2.05) is 13.8 Å². The van der Waals surface area contributed by atoms with Gasteiger partial charge in [0.25, 0.3) is 0 Å². The van der Waals surface area contributed by atoms with Crippen molar-refractivity contribution in [2.24, 2.45) is 0 Å². The summed E-state index contributed by atoms with van der Waals surface area (Å²) in [7, 11) is 0. The number of nitrogens with one attached hydrogen (secondary N) is 1. The maximum absolute atomic E-state index is 9.81. The van der Waals surface area contributed by atoms with Crippen molar-refractivity contribution in [1.29, 1.82) is 0 Å². The van der Waals surface area contributed by atoms with Gasteiger partial charge in [0.1, 0.15) is 18.5 Å². The Balaban J connectivity index is 2.53. The van der Waals surface area contributed by atoms with Crippen LogP contribution in [0.4, 0.5) is 0 Å². The van der Waals surface area contributed by atoms with Crippen molar-refractivity contribution in [2.45, 2.75) is 46.8 Å². The number of aryl methyl sites for hydroxylation is 3. The summed E-state index contributed by atoms with van der Waals surface area (Å²) in [5, 5.41) is 13.0. The molecular weight excluding hydrogens is 226 g/mol. The molecule has 0 aliphatic rings. The van der Waals surface area contributed by atoms with Gasteiger partial charge < -0.3 is 15.2 Å². The van der Waals surface area contributed by atoms with Crippen LogP contribution in [0.25, 0.3) is 0 Å². The van der Waals surface area contributed by atoms with E-state index in [0.29, 0.717) is 19.2 Å². The van der Waals surface area contributed by atoms with Gasteiger partial charge in [-0.25, -0.2) is 0 Å². The maximum Gasteiger partial charge on any atom is 0.125 e. The predicted octanol–water partition coefficient (Wildman–Crippen LogP) is 2.35. The summed E-state index contributed by atoms with van der Waals surface area (Å²) < 4.78 is 5.73. The first kappa shape index (κ1) is 15.0. The van der Waals surface area contributed by atoms with E-state index in [-0.39, 0.29) is 0 Å². The molecule has 18 heavy (non-hydrogen) atoms. The molecule has 0 radical (unpaired) electrons. The highest BCUT2D eigenvalue weighted by Gasteiger charge is 2.09. The van der Waals surface area contributed by atoms with Gasteiger partial charge in [-0.2, -0.15) is 0 Å². The highest BCUT2D eigenvalue weighted by molar-refractivity contribution is 5.42. The van der Waals surface area contributed by atoms with E-state index in [1.54, 1.807) is 0 Å². The number of hydrogen-bond donors (Lipinski definition) is 2. The quantitative estimate of drug-likeness (QED) is 0.815. The van der Waals surface area contributed by atoms with Gasteiger partial charge in [-0.15, -0.1) is 0 Å². The largest absolute Gasteiger partial charge is 0.490 e. The highest BCUT2D eigenvalue weighted by atomic mass is 16.5. The Morgan fingerprint density at radius 2 is 1.72 bits per heavy atom. The van der Waals surface area contributed by atoms with Crippen LogP contribution in [0.2, 0.25) is 0 Å². The summed E-state index contributed by atoms with van der Waals surface area (Å²) in [6.07, 6.45) is -0.479. The van der Waals surface area contributed by atoms with Gasteiger partial charge in [0, 0.05) is 12.6 Å². The monoisotopic (exact) mass is 251 g/mol. The van der Waals surface area contributed by atoms with Crippen LogP contribution in [0.5, 0.6) is 5.75 Å². The number of benzene rings is 1. The van der Waals surface area contributed by atoms with Crippen molar-refractivity contribution in [1.82, 2.24) is 5.32 Å². The molecule has 0 fully saturated rings. The molecule has 0 spiro atoms.